The number of amides is 1. The number of methoxy groups -OCH3 is 1. The lowest BCUT2D eigenvalue weighted by atomic mass is 9.90. The predicted molar refractivity (Wildman–Crippen MR) is 87.9 cm³/mol. The zero-order valence-corrected chi connectivity index (χ0v) is 14.6. The van der Waals surface area contributed by atoms with Crippen LogP contribution in [0.3, 0.4) is 0 Å². The standard InChI is InChI=1S/C18H31NO4/c1-14(23-13-15-6-4-3-5-7-15)12-17(20)19-10-8-16(9-11-19)18(21)22-2/h14-16H,3-13H2,1-2H3. The molecule has 0 aromatic carbocycles. The van der Waals surface area contributed by atoms with Gasteiger partial charge in [0.25, 0.3) is 0 Å². The molecule has 132 valence electrons. The van der Waals surface area contributed by atoms with Crippen LogP contribution in [0.15, 0.2) is 0 Å². The average Bonchev–Trinajstić information content (AvgIpc) is 2.60. The lowest BCUT2D eigenvalue weighted by molar-refractivity contribution is -0.149. The highest BCUT2D eigenvalue weighted by molar-refractivity contribution is 5.77. The normalized spacial score (nSPS) is 21.9. The van der Waals surface area contributed by atoms with Gasteiger partial charge in [-0.25, -0.2) is 0 Å². The first-order chi connectivity index (χ1) is 11.1. The van der Waals surface area contributed by atoms with Gasteiger partial charge in [-0.1, -0.05) is 19.3 Å². The second-order valence-electron chi connectivity index (χ2n) is 7.03. The quantitative estimate of drug-likeness (QED) is 0.705. The van der Waals surface area contributed by atoms with Gasteiger partial charge in [-0.05, 0) is 38.5 Å². The summed E-state index contributed by atoms with van der Waals surface area (Å²) in [6, 6.07) is 0. The zero-order valence-electron chi connectivity index (χ0n) is 14.6. The second-order valence-corrected chi connectivity index (χ2v) is 7.03. The smallest absolute Gasteiger partial charge is 0.308 e. The molecule has 0 radical (unpaired) electrons. The fourth-order valence-corrected chi connectivity index (χ4v) is 3.62. The molecule has 1 heterocycles. The van der Waals surface area contributed by atoms with Gasteiger partial charge in [0.15, 0.2) is 0 Å². The van der Waals surface area contributed by atoms with Crippen LogP contribution in [0.1, 0.15) is 58.3 Å². The van der Waals surface area contributed by atoms with Crippen LogP contribution >= 0.6 is 0 Å². The molecule has 5 heteroatoms. The topological polar surface area (TPSA) is 55.8 Å². The van der Waals surface area contributed by atoms with E-state index in [9.17, 15) is 9.59 Å². The van der Waals surface area contributed by atoms with Crippen molar-refractivity contribution in [2.75, 3.05) is 26.8 Å². The van der Waals surface area contributed by atoms with Crippen molar-refractivity contribution in [3.05, 3.63) is 0 Å². The Labute approximate surface area is 139 Å². The molecule has 1 amide bonds. The number of piperidine rings is 1. The molecule has 5 nitrogen and oxygen atoms in total. The van der Waals surface area contributed by atoms with Crippen LogP contribution in [0.2, 0.25) is 0 Å². The first-order valence-corrected chi connectivity index (χ1v) is 9.07. The van der Waals surface area contributed by atoms with Crippen LogP contribution in [-0.4, -0.2) is 49.7 Å². The van der Waals surface area contributed by atoms with E-state index in [1.807, 2.05) is 11.8 Å². The van der Waals surface area contributed by atoms with Crippen molar-refractivity contribution in [2.24, 2.45) is 11.8 Å². The van der Waals surface area contributed by atoms with Crippen LogP contribution < -0.4 is 0 Å². The lowest BCUT2D eigenvalue weighted by Crippen LogP contribution is -2.41. The minimum atomic E-state index is -0.152. The van der Waals surface area contributed by atoms with E-state index in [2.05, 4.69) is 0 Å². The molecule has 0 spiro atoms. The average molecular weight is 325 g/mol. The Hall–Kier alpha value is -1.10. The van der Waals surface area contributed by atoms with E-state index in [-0.39, 0.29) is 23.9 Å². The molecule has 1 aliphatic heterocycles. The third kappa shape index (κ3) is 5.79. The number of esters is 1. The third-order valence-electron chi connectivity index (χ3n) is 5.19. The summed E-state index contributed by atoms with van der Waals surface area (Å²) in [5, 5.41) is 0. The second kappa shape index (κ2) is 9.26. The first kappa shape index (κ1) is 18.2. The van der Waals surface area contributed by atoms with Crippen molar-refractivity contribution >= 4 is 11.9 Å². The molecule has 2 rings (SSSR count). The minimum absolute atomic E-state index is 0.0252. The molecule has 0 bridgehead atoms. The fourth-order valence-electron chi connectivity index (χ4n) is 3.62. The molecule has 23 heavy (non-hydrogen) atoms. The van der Waals surface area contributed by atoms with Crippen LogP contribution in [0.25, 0.3) is 0 Å². The predicted octanol–water partition coefficient (Wildman–Crippen LogP) is 2.77. The molecule has 1 saturated carbocycles. The van der Waals surface area contributed by atoms with Gasteiger partial charge in [0, 0.05) is 19.7 Å². The summed E-state index contributed by atoms with van der Waals surface area (Å²) in [5.74, 6) is 0.617. The van der Waals surface area contributed by atoms with Crippen molar-refractivity contribution in [3.8, 4) is 0 Å². The van der Waals surface area contributed by atoms with Gasteiger partial charge in [0.1, 0.15) is 0 Å². The largest absolute Gasteiger partial charge is 0.469 e. The van der Waals surface area contributed by atoms with E-state index in [1.165, 1.54) is 39.2 Å². The van der Waals surface area contributed by atoms with E-state index >= 15 is 0 Å². The maximum atomic E-state index is 12.3. The molecular formula is C18H31NO4. The molecule has 2 fully saturated rings. The molecule has 0 N–H and O–H groups in total. The Morgan fingerprint density at radius 1 is 1.09 bits per heavy atom. The maximum absolute atomic E-state index is 12.3. The molecule has 0 aromatic heterocycles. The Kier molecular flexibility index (Phi) is 7.34. The van der Waals surface area contributed by atoms with Crippen molar-refractivity contribution < 1.29 is 19.1 Å². The van der Waals surface area contributed by atoms with Crippen molar-refractivity contribution in [1.82, 2.24) is 4.90 Å². The van der Waals surface area contributed by atoms with E-state index in [1.54, 1.807) is 0 Å². The van der Waals surface area contributed by atoms with Gasteiger partial charge in [0.2, 0.25) is 5.91 Å². The molecule has 1 saturated heterocycles. The highest BCUT2D eigenvalue weighted by atomic mass is 16.5. The Bertz CT molecular complexity index is 384. The molecule has 1 atom stereocenters. The number of ether oxygens (including phenoxy) is 2. The van der Waals surface area contributed by atoms with Crippen molar-refractivity contribution in [3.63, 3.8) is 0 Å². The zero-order chi connectivity index (χ0) is 16.7. The summed E-state index contributed by atoms with van der Waals surface area (Å²) in [5.41, 5.74) is 0. The minimum Gasteiger partial charge on any atom is -0.469 e. The number of carbonyl (C=O) groups excluding carboxylic acids is 2. The number of likely N-dealkylation sites (tertiary alicyclic amines) is 1. The van der Waals surface area contributed by atoms with Gasteiger partial charge >= 0.3 is 5.97 Å². The Morgan fingerprint density at radius 2 is 1.74 bits per heavy atom. The van der Waals surface area contributed by atoms with Gasteiger partial charge in [-0.15, -0.1) is 0 Å². The summed E-state index contributed by atoms with van der Waals surface area (Å²) >= 11 is 0. The van der Waals surface area contributed by atoms with Crippen LogP contribution in [0, 0.1) is 11.8 Å². The SMILES string of the molecule is COC(=O)C1CCN(C(=O)CC(C)OCC2CCCCC2)CC1. The molecule has 1 unspecified atom stereocenters. The van der Waals surface area contributed by atoms with Crippen LogP contribution in [0.4, 0.5) is 0 Å². The van der Waals surface area contributed by atoms with E-state index in [0.717, 1.165) is 6.61 Å². The van der Waals surface area contributed by atoms with Crippen molar-refractivity contribution in [2.45, 2.75) is 64.4 Å². The van der Waals surface area contributed by atoms with Gasteiger partial charge in [-0.2, -0.15) is 0 Å². The molecule has 1 aliphatic carbocycles. The molecule has 2 aliphatic rings. The number of nitrogens with zero attached hydrogens (tertiary/aromatic N) is 1. The van der Waals surface area contributed by atoms with Gasteiger partial charge in [-0.3, -0.25) is 9.59 Å². The van der Waals surface area contributed by atoms with Crippen LogP contribution in [-0.2, 0) is 19.1 Å². The number of hydrogen-bond acceptors (Lipinski definition) is 4. The fraction of sp³-hybridized carbons (Fsp3) is 0.889. The Morgan fingerprint density at radius 3 is 2.35 bits per heavy atom. The first-order valence-electron chi connectivity index (χ1n) is 9.07. The summed E-state index contributed by atoms with van der Waals surface area (Å²) in [6.45, 7) is 4.07. The third-order valence-corrected chi connectivity index (χ3v) is 5.19. The molecular weight excluding hydrogens is 294 g/mol. The summed E-state index contributed by atoms with van der Waals surface area (Å²) < 4.78 is 10.7. The van der Waals surface area contributed by atoms with E-state index in [0.29, 0.717) is 38.3 Å². The van der Waals surface area contributed by atoms with Crippen molar-refractivity contribution in [1.29, 1.82) is 0 Å². The van der Waals surface area contributed by atoms with E-state index < -0.39 is 0 Å². The number of carbonyl (C=O) groups is 2. The molecule has 0 aromatic rings. The monoisotopic (exact) mass is 325 g/mol. The van der Waals surface area contributed by atoms with Gasteiger partial charge < -0.3 is 14.4 Å². The highest BCUT2D eigenvalue weighted by Crippen LogP contribution is 2.24. The van der Waals surface area contributed by atoms with E-state index in [4.69, 9.17) is 9.47 Å². The number of rotatable bonds is 6. The summed E-state index contributed by atoms with van der Waals surface area (Å²) in [7, 11) is 1.42. The highest BCUT2D eigenvalue weighted by Gasteiger charge is 2.28. The number of hydrogen-bond donors (Lipinski definition) is 0. The van der Waals surface area contributed by atoms with Gasteiger partial charge in [0.05, 0.1) is 25.6 Å². The van der Waals surface area contributed by atoms with Crippen LogP contribution in [0.5, 0.6) is 0 Å². The lowest BCUT2D eigenvalue weighted by Gasteiger charge is -2.31. The summed E-state index contributed by atoms with van der Waals surface area (Å²) in [6.07, 6.45) is 8.34. The maximum Gasteiger partial charge on any atom is 0.308 e. The Balaban J connectivity index is 1.64. The summed E-state index contributed by atoms with van der Waals surface area (Å²) in [4.78, 5) is 25.7.